The minimum absolute atomic E-state index is 0.0858. The van der Waals surface area contributed by atoms with Crippen molar-refractivity contribution in [2.75, 3.05) is 26.7 Å². The number of hydrogen-bond acceptors (Lipinski definition) is 5. The monoisotopic (exact) mass is 344 g/mol. The first kappa shape index (κ1) is 17.5. The number of aryl methyl sites for hydroxylation is 1. The summed E-state index contributed by atoms with van der Waals surface area (Å²) >= 11 is 0. The van der Waals surface area contributed by atoms with E-state index in [1.165, 1.54) is 0 Å². The van der Waals surface area contributed by atoms with Crippen molar-refractivity contribution in [2.24, 2.45) is 0 Å². The zero-order chi connectivity index (χ0) is 18.0. The van der Waals surface area contributed by atoms with Crippen LogP contribution in [0.3, 0.4) is 0 Å². The van der Waals surface area contributed by atoms with Gasteiger partial charge in [0.05, 0.1) is 7.11 Å². The number of piperazine rings is 1. The largest absolute Gasteiger partial charge is 0.497 e. The van der Waals surface area contributed by atoms with Crippen molar-refractivity contribution in [3.63, 3.8) is 0 Å². The molecule has 1 amide bonds. The van der Waals surface area contributed by atoms with E-state index in [0.29, 0.717) is 36.3 Å². The Labute approximate surface area is 146 Å². The van der Waals surface area contributed by atoms with Crippen LogP contribution in [0.25, 0.3) is 11.0 Å². The molecule has 1 saturated heterocycles. The van der Waals surface area contributed by atoms with Crippen LogP contribution in [0.5, 0.6) is 5.75 Å². The Morgan fingerprint density at radius 3 is 2.96 bits per heavy atom. The van der Waals surface area contributed by atoms with Gasteiger partial charge in [0.15, 0.2) is 0 Å². The van der Waals surface area contributed by atoms with Gasteiger partial charge >= 0.3 is 5.63 Å². The predicted molar refractivity (Wildman–Crippen MR) is 96.1 cm³/mol. The van der Waals surface area contributed by atoms with Crippen molar-refractivity contribution in [3.05, 3.63) is 39.7 Å². The fourth-order valence-electron chi connectivity index (χ4n) is 3.38. The molecule has 1 aliphatic rings. The molecule has 1 unspecified atom stereocenters. The number of benzene rings is 1. The van der Waals surface area contributed by atoms with Crippen LogP contribution in [0.2, 0.25) is 0 Å². The second-order valence-electron chi connectivity index (χ2n) is 6.50. The van der Waals surface area contributed by atoms with Gasteiger partial charge in [0.2, 0.25) is 5.91 Å². The summed E-state index contributed by atoms with van der Waals surface area (Å²) in [7, 11) is 1.57. The minimum Gasteiger partial charge on any atom is -0.497 e. The molecule has 6 heteroatoms. The van der Waals surface area contributed by atoms with Crippen LogP contribution >= 0.6 is 0 Å². The molecule has 1 N–H and O–H groups in total. The predicted octanol–water partition coefficient (Wildman–Crippen LogP) is 1.86. The lowest BCUT2D eigenvalue weighted by Crippen LogP contribution is -2.52. The van der Waals surface area contributed by atoms with Gasteiger partial charge < -0.3 is 19.4 Å². The molecule has 1 aliphatic heterocycles. The highest BCUT2D eigenvalue weighted by Crippen LogP contribution is 2.24. The van der Waals surface area contributed by atoms with E-state index in [1.807, 2.05) is 30.9 Å². The topological polar surface area (TPSA) is 71.8 Å². The number of amides is 1. The Hall–Kier alpha value is -2.34. The SMILES string of the molecule is COc1ccc2c(C)c(CCC(=O)N3CCNCC3C)c(=O)oc2c1. The Kier molecular flexibility index (Phi) is 5.08. The Morgan fingerprint density at radius 2 is 2.24 bits per heavy atom. The van der Waals surface area contributed by atoms with Gasteiger partial charge in [-0.1, -0.05) is 0 Å². The molecule has 0 aliphatic carbocycles. The quantitative estimate of drug-likeness (QED) is 0.857. The zero-order valence-corrected chi connectivity index (χ0v) is 14.9. The molecule has 3 rings (SSSR count). The van der Waals surface area contributed by atoms with Gasteiger partial charge in [0.25, 0.3) is 0 Å². The molecule has 0 saturated carbocycles. The van der Waals surface area contributed by atoms with E-state index in [0.717, 1.165) is 24.0 Å². The number of methoxy groups -OCH3 is 1. The molecular weight excluding hydrogens is 320 g/mol. The third-order valence-corrected chi connectivity index (χ3v) is 4.91. The number of ether oxygens (including phenoxy) is 1. The van der Waals surface area contributed by atoms with Crippen molar-refractivity contribution in [3.8, 4) is 5.75 Å². The van der Waals surface area contributed by atoms with Gasteiger partial charge in [-0.3, -0.25) is 4.79 Å². The Balaban J connectivity index is 1.81. The van der Waals surface area contributed by atoms with E-state index >= 15 is 0 Å². The average molecular weight is 344 g/mol. The molecule has 6 nitrogen and oxygen atoms in total. The zero-order valence-electron chi connectivity index (χ0n) is 14.9. The first-order chi connectivity index (χ1) is 12.0. The normalized spacial score (nSPS) is 17.7. The van der Waals surface area contributed by atoms with Crippen LogP contribution < -0.4 is 15.7 Å². The first-order valence-electron chi connectivity index (χ1n) is 8.61. The number of nitrogens with one attached hydrogen (secondary N) is 1. The van der Waals surface area contributed by atoms with E-state index in [-0.39, 0.29) is 17.6 Å². The molecule has 25 heavy (non-hydrogen) atoms. The summed E-state index contributed by atoms with van der Waals surface area (Å²) in [6.45, 7) is 6.27. The molecule has 1 fully saturated rings. The maximum absolute atomic E-state index is 12.5. The summed E-state index contributed by atoms with van der Waals surface area (Å²) in [5, 5.41) is 4.15. The maximum atomic E-state index is 12.5. The molecule has 2 aromatic rings. The van der Waals surface area contributed by atoms with E-state index in [9.17, 15) is 9.59 Å². The third-order valence-electron chi connectivity index (χ3n) is 4.91. The number of hydrogen-bond donors (Lipinski definition) is 1. The molecule has 0 radical (unpaired) electrons. The molecule has 2 heterocycles. The van der Waals surface area contributed by atoms with Crippen LogP contribution in [-0.4, -0.2) is 43.6 Å². The number of nitrogens with zero attached hydrogens (tertiary/aromatic N) is 1. The fraction of sp³-hybridized carbons (Fsp3) is 0.474. The van der Waals surface area contributed by atoms with Crippen molar-refractivity contribution >= 4 is 16.9 Å². The Morgan fingerprint density at radius 1 is 1.44 bits per heavy atom. The second kappa shape index (κ2) is 7.27. The average Bonchev–Trinajstić information content (AvgIpc) is 2.61. The van der Waals surface area contributed by atoms with Gasteiger partial charge in [-0.2, -0.15) is 0 Å². The molecular formula is C19H24N2O4. The molecule has 1 aromatic carbocycles. The fourth-order valence-corrected chi connectivity index (χ4v) is 3.38. The number of carbonyl (C=O) groups excluding carboxylic acids is 1. The summed E-state index contributed by atoms with van der Waals surface area (Å²) in [6, 6.07) is 5.62. The van der Waals surface area contributed by atoms with Crippen molar-refractivity contribution in [2.45, 2.75) is 32.7 Å². The summed E-state index contributed by atoms with van der Waals surface area (Å²) in [4.78, 5) is 26.8. The van der Waals surface area contributed by atoms with E-state index in [1.54, 1.807) is 13.2 Å². The van der Waals surface area contributed by atoms with Gasteiger partial charge in [-0.15, -0.1) is 0 Å². The molecule has 0 bridgehead atoms. The van der Waals surface area contributed by atoms with E-state index < -0.39 is 0 Å². The third kappa shape index (κ3) is 3.54. The standard InChI is InChI=1S/C19H24N2O4/c1-12-11-20-8-9-21(12)18(22)7-6-16-13(2)15-5-4-14(24-3)10-17(15)25-19(16)23/h4-5,10,12,20H,6-9,11H2,1-3H3. The summed E-state index contributed by atoms with van der Waals surface area (Å²) < 4.78 is 10.6. The Bertz CT molecular complexity index is 843. The van der Waals surface area contributed by atoms with Crippen molar-refractivity contribution < 1.29 is 13.9 Å². The van der Waals surface area contributed by atoms with Crippen LogP contribution in [0.15, 0.2) is 27.4 Å². The molecule has 134 valence electrons. The van der Waals surface area contributed by atoms with E-state index in [4.69, 9.17) is 9.15 Å². The van der Waals surface area contributed by atoms with Gasteiger partial charge in [-0.25, -0.2) is 4.79 Å². The lowest BCUT2D eigenvalue weighted by Gasteiger charge is -2.34. The van der Waals surface area contributed by atoms with Crippen LogP contribution in [0.4, 0.5) is 0 Å². The smallest absolute Gasteiger partial charge is 0.339 e. The second-order valence-corrected chi connectivity index (χ2v) is 6.50. The highest BCUT2D eigenvalue weighted by molar-refractivity contribution is 5.83. The highest BCUT2D eigenvalue weighted by atomic mass is 16.5. The van der Waals surface area contributed by atoms with Crippen LogP contribution in [-0.2, 0) is 11.2 Å². The van der Waals surface area contributed by atoms with Gasteiger partial charge in [-0.05, 0) is 38.0 Å². The minimum atomic E-state index is -0.376. The number of fused-ring (bicyclic) bond motifs is 1. The summed E-state index contributed by atoms with van der Waals surface area (Å²) in [5.74, 6) is 0.730. The lowest BCUT2D eigenvalue weighted by molar-refractivity contribution is -0.133. The van der Waals surface area contributed by atoms with Gasteiger partial charge in [0.1, 0.15) is 11.3 Å². The van der Waals surface area contributed by atoms with E-state index in [2.05, 4.69) is 5.32 Å². The molecule has 1 aromatic heterocycles. The summed E-state index contributed by atoms with van der Waals surface area (Å²) in [5.41, 5.74) is 1.58. The summed E-state index contributed by atoms with van der Waals surface area (Å²) in [6.07, 6.45) is 0.712. The lowest BCUT2D eigenvalue weighted by atomic mass is 10.0. The van der Waals surface area contributed by atoms with Crippen LogP contribution in [0.1, 0.15) is 24.5 Å². The van der Waals surface area contributed by atoms with Gasteiger partial charge in [0, 0.05) is 49.1 Å². The molecule has 0 spiro atoms. The first-order valence-corrected chi connectivity index (χ1v) is 8.61. The van der Waals surface area contributed by atoms with Crippen molar-refractivity contribution in [1.82, 2.24) is 10.2 Å². The number of carbonyl (C=O) groups is 1. The number of rotatable bonds is 4. The molecule has 1 atom stereocenters. The van der Waals surface area contributed by atoms with Crippen molar-refractivity contribution in [1.29, 1.82) is 0 Å². The highest BCUT2D eigenvalue weighted by Gasteiger charge is 2.23. The van der Waals surface area contributed by atoms with Crippen LogP contribution in [0, 0.1) is 6.92 Å². The maximum Gasteiger partial charge on any atom is 0.339 e.